The Kier molecular flexibility index (Phi) is 2.85. The molecule has 3 nitrogen and oxygen atoms in total. The third-order valence-electron chi connectivity index (χ3n) is 3.26. The maximum Gasteiger partial charge on any atom is 0.123 e. The molecule has 19 heavy (non-hydrogen) atoms. The molecule has 0 saturated carbocycles. The maximum atomic E-state index is 13.1. The SMILES string of the molecule is CC(C)n1ccc(Cn2ccc3cc(F)ccc32)n1. The van der Waals surface area contributed by atoms with Crippen molar-refractivity contribution in [1.29, 1.82) is 0 Å². The molecule has 4 heteroatoms. The van der Waals surface area contributed by atoms with Gasteiger partial charge >= 0.3 is 0 Å². The second-order valence-electron chi connectivity index (χ2n) is 5.03. The van der Waals surface area contributed by atoms with Crippen molar-refractivity contribution in [2.75, 3.05) is 0 Å². The van der Waals surface area contributed by atoms with Crippen molar-refractivity contribution in [3.05, 3.63) is 54.2 Å². The Balaban J connectivity index is 1.92. The van der Waals surface area contributed by atoms with Crippen LogP contribution in [0.1, 0.15) is 25.6 Å². The minimum atomic E-state index is -0.200. The molecule has 3 rings (SSSR count). The Morgan fingerprint density at radius 1 is 1.16 bits per heavy atom. The number of rotatable bonds is 3. The average Bonchev–Trinajstić information content (AvgIpc) is 2.97. The number of hydrogen-bond acceptors (Lipinski definition) is 1. The molecule has 0 amide bonds. The fourth-order valence-corrected chi connectivity index (χ4v) is 2.23. The van der Waals surface area contributed by atoms with E-state index in [4.69, 9.17) is 0 Å². The quantitative estimate of drug-likeness (QED) is 0.703. The van der Waals surface area contributed by atoms with Gasteiger partial charge in [-0.2, -0.15) is 5.10 Å². The number of hydrogen-bond donors (Lipinski definition) is 0. The summed E-state index contributed by atoms with van der Waals surface area (Å²) in [6, 6.07) is 9.17. The first-order valence-corrected chi connectivity index (χ1v) is 6.42. The highest BCUT2D eigenvalue weighted by Crippen LogP contribution is 2.18. The zero-order valence-corrected chi connectivity index (χ0v) is 11.0. The Morgan fingerprint density at radius 3 is 2.74 bits per heavy atom. The predicted octanol–water partition coefficient (Wildman–Crippen LogP) is 3.61. The van der Waals surface area contributed by atoms with Gasteiger partial charge in [0.05, 0.1) is 12.2 Å². The molecular weight excluding hydrogens is 241 g/mol. The van der Waals surface area contributed by atoms with Crippen molar-refractivity contribution in [2.45, 2.75) is 26.4 Å². The van der Waals surface area contributed by atoms with Crippen LogP contribution in [-0.2, 0) is 6.54 Å². The van der Waals surface area contributed by atoms with Crippen LogP contribution in [0.2, 0.25) is 0 Å². The van der Waals surface area contributed by atoms with Gasteiger partial charge in [0.2, 0.25) is 0 Å². The van der Waals surface area contributed by atoms with E-state index >= 15 is 0 Å². The molecule has 0 aliphatic carbocycles. The first-order chi connectivity index (χ1) is 9.13. The highest BCUT2D eigenvalue weighted by Gasteiger charge is 2.06. The van der Waals surface area contributed by atoms with Gasteiger partial charge in [-0.05, 0) is 44.2 Å². The number of fused-ring (bicyclic) bond motifs is 1. The number of nitrogens with zero attached hydrogens (tertiary/aromatic N) is 3. The zero-order valence-electron chi connectivity index (χ0n) is 11.0. The summed E-state index contributed by atoms with van der Waals surface area (Å²) in [6.07, 6.45) is 3.96. The number of benzene rings is 1. The zero-order chi connectivity index (χ0) is 13.4. The molecule has 0 bridgehead atoms. The monoisotopic (exact) mass is 257 g/mol. The molecular formula is C15H16FN3. The van der Waals surface area contributed by atoms with Crippen molar-refractivity contribution in [2.24, 2.45) is 0 Å². The van der Waals surface area contributed by atoms with Gasteiger partial charge < -0.3 is 4.57 Å². The van der Waals surface area contributed by atoms with Crippen molar-refractivity contribution >= 4 is 10.9 Å². The summed E-state index contributed by atoms with van der Waals surface area (Å²) in [5.41, 5.74) is 2.04. The molecule has 0 aliphatic heterocycles. The Hall–Kier alpha value is -2.10. The number of halogens is 1. The Bertz CT molecular complexity index is 709. The van der Waals surface area contributed by atoms with Crippen LogP contribution in [0.3, 0.4) is 0 Å². The topological polar surface area (TPSA) is 22.8 Å². The predicted molar refractivity (Wildman–Crippen MR) is 73.6 cm³/mol. The minimum absolute atomic E-state index is 0.200. The van der Waals surface area contributed by atoms with Crippen molar-refractivity contribution < 1.29 is 4.39 Å². The molecule has 3 aromatic rings. The standard InChI is InChI=1S/C15H16FN3/c1-11(2)19-8-6-14(17-19)10-18-7-5-12-9-13(16)3-4-15(12)18/h3-9,11H,10H2,1-2H3. The lowest BCUT2D eigenvalue weighted by molar-refractivity contribution is 0.524. The van der Waals surface area contributed by atoms with E-state index < -0.39 is 0 Å². The molecule has 98 valence electrons. The lowest BCUT2D eigenvalue weighted by atomic mass is 10.2. The molecule has 0 radical (unpaired) electrons. The molecule has 2 heterocycles. The van der Waals surface area contributed by atoms with Crippen molar-refractivity contribution in [3.8, 4) is 0 Å². The Morgan fingerprint density at radius 2 is 2.00 bits per heavy atom. The third-order valence-corrected chi connectivity index (χ3v) is 3.26. The molecule has 0 unspecified atom stereocenters. The van der Waals surface area contributed by atoms with Gasteiger partial charge in [-0.3, -0.25) is 4.68 Å². The van der Waals surface area contributed by atoms with Gasteiger partial charge in [0.25, 0.3) is 0 Å². The van der Waals surface area contributed by atoms with E-state index in [-0.39, 0.29) is 5.82 Å². The summed E-state index contributed by atoms with van der Waals surface area (Å²) >= 11 is 0. The van der Waals surface area contributed by atoms with Crippen LogP contribution in [0.5, 0.6) is 0 Å². The van der Waals surface area contributed by atoms with Crippen molar-refractivity contribution in [3.63, 3.8) is 0 Å². The van der Waals surface area contributed by atoms with E-state index in [0.29, 0.717) is 12.6 Å². The summed E-state index contributed by atoms with van der Waals surface area (Å²) in [6.45, 7) is 4.91. The maximum absolute atomic E-state index is 13.1. The van der Waals surface area contributed by atoms with Gasteiger partial charge in [0.1, 0.15) is 5.82 Å². The fourth-order valence-electron chi connectivity index (χ4n) is 2.23. The molecule has 0 fully saturated rings. The second kappa shape index (κ2) is 4.53. The molecule has 2 aromatic heterocycles. The summed E-state index contributed by atoms with van der Waals surface area (Å²) in [4.78, 5) is 0. The van der Waals surface area contributed by atoms with E-state index in [9.17, 15) is 4.39 Å². The minimum Gasteiger partial charge on any atom is -0.341 e. The summed E-state index contributed by atoms with van der Waals surface area (Å²) < 4.78 is 17.2. The van der Waals surface area contributed by atoms with E-state index in [1.54, 1.807) is 6.07 Å². The lowest BCUT2D eigenvalue weighted by Gasteiger charge is -2.05. The van der Waals surface area contributed by atoms with Gasteiger partial charge in [-0.25, -0.2) is 4.39 Å². The molecule has 0 N–H and O–H groups in total. The summed E-state index contributed by atoms with van der Waals surface area (Å²) in [7, 11) is 0. The van der Waals surface area contributed by atoms with Gasteiger partial charge in [0.15, 0.2) is 0 Å². The van der Waals surface area contributed by atoms with E-state index in [1.165, 1.54) is 6.07 Å². The summed E-state index contributed by atoms with van der Waals surface area (Å²) in [5.74, 6) is -0.200. The van der Waals surface area contributed by atoms with Gasteiger partial charge in [0, 0.05) is 29.3 Å². The highest BCUT2D eigenvalue weighted by atomic mass is 19.1. The smallest absolute Gasteiger partial charge is 0.123 e. The van der Waals surface area contributed by atoms with Crippen LogP contribution >= 0.6 is 0 Å². The summed E-state index contributed by atoms with van der Waals surface area (Å²) in [5, 5.41) is 5.45. The van der Waals surface area contributed by atoms with Crippen LogP contribution in [0.15, 0.2) is 42.7 Å². The van der Waals surface area contributed by atoms with Crippen LogP contribution in [0, 0.1) is 5.82 Å². The molecule has 0 spiro atoms. The lowest BCUT2D eigenvalue weighted by Crippen LogP contribution is -2.04. The van der Waals surface area contributed by atoms with E-state index in [0.717, 1.165) is 16.6 Å². The van der Waals surface area contributed by atoms with Crippen molar-refractivity contribution in [1.82, 2.24) is 14.3 Å². The highest BCUT2D eigenvalue weighted by molar-refractivity contribution is 5.80. The average molecular weight is 257 g/mol. The normalized spacial score (nSPS) is 11.6. The fraction of sp³-hybridized carbons (Fsp3) is 0.267. The Labute approximate surface area is 111 Å². The first kappa shape index (κ1) is 12.0. The molecule has 0 aliphatic rings. The van der Waals surface area contributed by atoms with Crippen LogP contribution in [-0.4, -0.2) is 14.3 Å². The third kappa shape index (κ3) is 2.26. The number of aromatic nitrogens is 3. The first-order valence-electron chi connectivity index (χ1n) is 6.42. The van der Waals surface area contributed by atoms with E-state index in [1.807, 2.05) is 35.3 Å². The van der Waals surface area contributed by atoms with Gasteiger partial charge in [-0.15, -0.1) is 0 Å². The molecule has 1 aromatic carbocycles. The molecule has 0 atom stereocenters. The molecule has 0 saturated heterocycles. The van der Waals surface area contributed by atoms with E-state index in [2.05, 4.69) is 23.5 Å². The van der Waals surface area contributed by atoms with Crippen LogP contribution < -0.4 is 0 Å². The van der Waals surface area contributed by atoms with Crippen LogP contribution in [0.25, 0.3) is 10.9 Å². The largest absolute Gasteiger partial charge is 0.341 e. The second-order valence-corrected chi connectivity index (χ2v) is 5.03. The van der Waals surface area contributed by atoms with Crippen LogP contribution in [0.4, 0.5) is 4.39 Å². The van der Waals surface area contributed by atoms with Gasteiger partial charge in [-0.1, -0.05) is 0 Å².